The fourth-order valence-corrected chi connectivity index (χ4v) is 2.31. The predicted octanol–water partition coefficient (Wildman–Crippen LogP) is 1.38. The number of aliphatic hydroxyl groups is 1. The van der Waals surface area contributed by atoms with Gasteiger partial charge < -0.3 is 9.84 Å². The summed E-state index contributed by atoms with van der Waals surface area (Å²) in [5.41, 5.74) is 1.19. The van der Waals surface area contributed by atoms with Crippen molar-refractivity contribution in [2.75, 3.05) is 31.3 Å². The Bertz CT molecular complexity index is 812. The number of aldehydes is 1. The number of aliphatic hydroxyl groups excluding tert-OH is 1. The SMILES string of the molecule is CN(c1ncc(-c2cc(Cl)ccc2OCC=O)cn1)S(C)(=O)=O.CO. The van der Waals surface area contributed by atoms with Crippen LogP contribution in [0.2, 0.25) is 5.02 Å². The lowest BCUT2D eigenvalue weighted by Gasteiger charge is -2.15. The molecule has 0 spiro atoms. The Balaban J connectivity index is 0.00000151. The molecule has 1 aromatic carbocycles. The van der Waals surface area contributed by atoms with Crippen molar-refractivity contribution in [1.29, 1.82) is 0 Å². The molecule has 25 heavy (non-hydrogen) atoms. The summed E-state index contributed by atoms with van der Waals surface area (Å²) in [4.78, 5) is 18.5. The van der Waals surface area contributed by atoms with Gasteiger partial charge in [-0.1, -0.05) is 11.6 Å². The highest BCUT2D eigenvalue weighted by Crippen LogP contribution is 2.32. The third-order valence-corrected chi connectivity index (χ3v) is 4.37. The van der Waals surface area contributed by atoms with Crippen LogP contribution in [0.25, 0.3) is 11.1 Å². The second-order valence-electron chi connectivity index (χ2n) is 4.62. The molecule has 0 aliphatic rings. The maximum absolute atomic E-state index is 11.5. The molecule has 0 saturated carbocycles. The van der Waals surface area contributed by atoms with Crippen molar-refractivity contribution in [2.24, 2.45) is 0 Å². The van der Waals surface area contributed by atoms with Crippen LogP contribution < -0.4 is 9.04 Å². The van der Waals surface area contributed by atoms with E-state index in [2.05, 4.69) is 9.97 Å². The molecule has 8 nitrogen and oxygen atoms in total. The number of aromatic nitrogens is 2. The first kappa shape index (κ1) is 20.8. The summed E-state index contributed by atoms with van der Waals surface area (Å²) in [6.07, 6.45) is 4.62. The van der Waals surface area contributed by atoms with Crippen molar-refractivity contribution in [3.05, 3.63) is 35.6 Å². The number of sulfonamides is 1. The number of rotatable bonds is 6. The third kappa shape index (κ3) is 5.66. The molecule has 0 fully saturated rings. The second kappa shape index (κ2) is 9.30. The summed E-state index contributed by atoms with van der Waals surface area (Å²) in [5, 5.41) is 7.48. The van der Waals surface area contributed by atoms with Crippen LogP contribution in [0.15, 0.2) is 30.6 Å². The van der Waals surface area contributed by atoms with Gasteiger partial charge in [0.05, 0.1) is 6.26 Å². The van der Waals surface area contributed by atoms with Crippen molar-refractivity contribution in [3.63, 3.8) is 0 Å². The Morgan fingerprint density at radius 3 is 2.40 bits per heavy atom. The summed E-state index contributed by atoms with van der Waals surface area (Å²) >= 11 is 5.99. The van der Waals surface area contributed by atoms with E-state index in [1.54, 1.807) is 18.2 Å². The first-order chi connectivity index (χ1) is 11.8. The van der Waals surface area contributed by atoms with Crippen molar-refractivity contribution in [2.45, 2.75) is 0 Å². The van der Waals surface area contributed by atoms with E-state index < -0.39 is 10.0 Å². The van der Waals surface area contributed by atoms with Gasteiger partial charge in [-0.3, -0.25) is 4.79 Å². The molecule has 0 aliphatic carbocycles. The zero-order valence-corrected chi connectivity index (χ0v) is 15.5. The number of carbonyl (C=O) groups is 1. The highest BCUT2D eigenvalue weighted by Gasteiger charge is 2.15. The summed E-state index contributed by atoms with van der Waals surface area (Å²) in [6, 6.07) is 4.93. The van der Waals surface area contributed by atoms with E-state index in [1.807, 2.05) is 0 Å². The number of hydrogen-bond donors (Lipinski definition) is 1. The van der Waals surface area contributed by atoms with Crippen LogP contribution in [0.5, 0.6) is 5.75 Å². The molecule has 0 bridgehead atoms. The smallest absolute Gasteiger partial charge is 0.238 e. The molecule has 0 saturated heterocycles. The molecule has 1 aromatic heterocycles. The quantitative estimate of drug-likeness (QED) is 0.745. The van der Waals surface area contributed by atoms with E-state index in [4.69, 9.17) is 21.4 Å². The average Bonchev–Trinajstić information content (AvgIpc) is 2.61. The molecule has 136 valence electrons. The van der Waals surface area contributed by atoms with Gasteiger partial charge in [0.25, 0.3) is 0 Å². The van der Waals surface area contributed by atoms with Crippen LogP contribution in [0.4, 0.5) is 5.95 Å². The minimum Gasteiger partial charge on any atom is -0.485 e. The van der Waals surface area contributed by atoms with Gasteiger partial charge in [0, 0.05) is 42.7 Å². The molecular weight excluding hydrogens is 370 g/mol. The van der Waals surface area contributed by atoms with Gasteiger partial charge in [-0.15, -0.1) is 0 Å². The Labute approximate surface area is 151 Å². The van der Waals surface area contributed by atoms with Crippen LogP contribution >= 0.6 is 11.6 Å². The van der Waals surface area contributed by atoms with Crippen LogP contribution in [-0.4, -0.2) is 56.8 Å². The summed E-state index contributed by atoms with van der Waals surface area (Å²) < 4.78 is 29.3. The minimum atomic E-state index is -3.44. The van der Waals surface area contributed by atoms with Gasteiger partial charge in [-0.2, -0.15) is 0 Å². The van der Waals surface area contributed by atoms with Gasteiger partial charge in [0.1, 0.15) is 12.4 Å². The Morgan fingerprint density at radius 1 is 1.28 bits per heavy atom. The fraction of sp³-hybridized carbons (Fsp3) is 0.267. The van der Waals surface area contributed by atoms with Crippen molar-refractivity contribution in [3.8, 4) is 16.9 Å². The largest absolute Gasteiger partial charge is 0.485 e. The van der Waals surface area contributed by atoms with Crippen molar-refractivity contribution >= 4 is 33.9 Å². The standard InChI is InChI=1S/C14H14ClN3O4S.CH4O/c1-18(23(2,20)21)14-16-8-10(9-17-14)12-7-11(15)3-4-13(12)22-6-5-19;1-2/h3-5,7-9H,6H2,1-2H3;2H,1H3. The van der Waals surface area contributed by atoms with Crippen molar-refractivity contribution in [1.82, 2.24) is 9.97 Å². The van der Waals surface area contributed by atoms with E-state index in [-0.39, 0.29) is 12.6 Å². The Hall–Kier alpha value is -2.23. The first-order valence-electron chi connectivity index (χ1n) is 6.90. The van der Waals surface area contributed by atoms with E-state index >= 15 is 0 Å². The van der Waals surface area contributed by atoms with Crippen LogP contribution in [-0.2, 0) is 14.8 Å². The summed E-state index contributed by atoms with van der Waals surface area (Å²) in [5.74, 6) is 0.503. The number of halogens is 1. The normalized spacial score (nSPS) is 10.4. The van der Waals surface area contributed by atoms with E-state index in [0.29, 0.717) is 28.2 Å². The van der Waals surface area contributed by atoms with Gasteiger partial charge >= 0.3 is 0 Å². The van der Waals surface area contributed by atoms with Gasteiger partial charge in [-0.05, 0) is 18.2 Å². The molecule has 0 unspecified atom stereocenters. The topological polar surface area (TPSA) is 110 Å². The second-order valence-corrected chi connectivity index (χ2v) is 7.07. The molecule has 0 atom stereocenters. The lowest BCUT2D eigenvalue weighted by molar-refractivity contribution is -0.109. The molecule has 2 aromatic rings. The van der Waals surface area contributed by atoms with E-state index in [9.17, 15) is 13.2 Å². The maximum Gasteiger partial charge on any atom is 0.238 e. The predicted molar refractivity (Wildman–Crippen MR) is 95.4 cm³/mol. The number of nitrogens with zero attached hydrogens (tertiary/aromatic N) is 3. The summed E-state index contributed by atoms with van der Waals surface area (Å²) in [7, 11) is -1.07. The molecule has 1 heterocycles. The number of anilines is 1. The fourth-order valence-electron chi connectivity index (χ4n) is 1.75. The number of benzene rings is 1. The van der Waals surface area contributed by atoms with Crippen LogP contribution in [0, 0.1) is 0 Å². The lowest BCUT2D eigenvalue weighted by atomic mass is 10.1. The third-order valence-electron chi connectivity index (χ3n) is 2.98. The Morgan fingerprint density at radius 2 is 1.88 bits per heavy atom. The van der Waals surface area contributed by atoms with E-state index in [1.165, 1.54) is 19.4 Å². The van der Waals surface area contributed by atoms with Gasteiger partial charge in [0.2, 0.25) is 16.0 Å². The highest BCUT2D eigenvalue weighted by molar-refractivity contribution is 7.92. The molecular formula is C15H18ClN3O5S. The van der Waals surface area contributed by atoms with Crippen LogP contribution in [0.3, 0.4) is 0 Å². The zero-order valence-electron chi connectivity index (χ0n) is 13.9. The summed E-state index contributed by atoms with van der Waals surface area (Å²) in [6.45, 7) is -0.0929. The number of ether oxygens (including phenoxy) is 1. The molecule has 10 heteroatoms. The first-order valence-corrected chi connectivity index (χ1v) is 9.12. The van der Waals surface area contributed by atoms with Gasteiger partial charge in [-0.25, -0.2) is 22.7 Å². The van der Waals surface area contributed by atoms with E-state index in [0.717, 1.165) is 17.7 Å². The molecule has 0 radical (unpaired) electrons. The molecule has 1 N–H and O–H groups in total. The van der Waals surface area contributed by atoms with Crippen LogP contribution in [0.1, 0.15) is 0 Å². The number of hydrogen-bond acceptors (Lipinski definition) is 7. The van der Waals surface area contributed by atoms with Crippen molar-refractivity contribution < 1.29 is 23.1 Å². The molecule has 0 aliphatic heterocycles. The molecule has 2 rings (SSSR count). The maximum atomic E-state index is 11.5. The lowest BCUT2D eigenvalue weighted by Crippen LogP contribution is -2.26. The monoisotopic (exact) mass is 387 g/mol. The number of carbonyl (C=O) groups excluding carboxylic acids is 1. The molecule has 0 amide bonds. The Kier molecular flexibility index (Phi) is 7.75. The zero-order chi connectivity index (χ0) is 19.0. The average molecular weight is 388 g/mol. The van der Waals surface area contributed by atoms with Gasteiger partial charge in [0.15, 0.2) is 6.29 Å². The minimum absolute atomic E-state index is 0.0497. The highest BCUT2D eigenvalue weighted by atomic mass is 35.5.